The van der Waals surface area contributed by atoms with Crippen LogP contribution in [0.15, 0.2) is 260 Å². The zero-order valence-electron chi connectivity index (χ0n) is 78.1. The minimum Gasteiger partial charge on any atom is -0.388 e. The topological polar surface area (TPSA) is 519 Å². The minimum atomic E-state index is -0.657. The van der Waals surface area contributed by atoms with Crippen molar-refractivity contribution in [2.24, 2.45) is 7.05 Å². The van der Waals surface area contributed by atoms with Crippen LogP contribution in [0.25, 0.3) is 87.6 Å². The minimum absolute atomic E-state index is 0.163. The number of para-hydroxylation sites is 1. The van der Waals surface area contributed by atoms with Crippen LogP contribution in [0.4, 0.5) is 0 Å². The number of benzene rings is 10. The zero-order chi connectivity index (χ0) is 100. The summed E-state index contributed by atoms with van der Waals surface area (Å²) in [5.74, 6) is -0.320. The van der Waals surface area contributed by atoms with Crippen LogP contribution < -0.4 is 60.6 Å². The number of hydroxylamine groups is 4. The summed E-state index contributed by atoms with van der Waals surface area (Å²) in [7, 11) is 7.67. The molecule has 141 heavy (non-hydrogen) atoms. The van der Waals surface area contributed by atoms with Crippen molar-refractivity contribution in [2.75, 3.05) is 34.4 Å². The number of ketones is 2. The molecule has 4 amide bonds. The van der Waals surface area contributed by atoms with Gasteiger partial charge in [-0.3, -0.25) is 78.4 Å². The van der Waals surface area contributed by atoms with E-state index in [2.05, 4.69) is 51.3 Å². The highest BCUT2D eigenvalue weighted by Crippen LogP contribution is 2.34. The third kappa shape index (κ3) is 24.1. The lowest BCUT2D eigenvalue weighted by atomic mass is 9.88. The highest BCUT2D eigenvalue weighted by Gasteiger charge is 2.25. The number of fused-ring (bicyclic) bond motifs is 7. The van der Waals surface area contributed by atoms with Gasteiger partial charge in [0.05, 0.1) is 62.4 Å². The quantitative estimate of drug-likeness (QED) is 0.0180. The van der Waals surface area contributed by atoms with E-state index in [-0.39, 0.29) is 67.2 Å². The molecule has 35 heteroatoms. The van der Waals surface area contributed by atoms with Crippen LogP contribution in [-0.2, 0) is 39.6 Å². The fourth-order valence-electron chi connectivity index (χ4n) is 17.4. The van der Waals surface area contributed by atoms with Crippen LogP contribution in [0.5, 0.6) is 0 Å². The molecule has 2 aliphatic carbocycles. The fourth-order valence-corrected chi connectivity index (χ4v) is 17.4. The van der Waals surface area contributed by atoms with Gasteiger partial charge < -0.3 is 54.1 Å². The Morgan fingerprint density at radius 2 is 0.809 bits per heavy atom. The molecule has 0 unspecified atom stereocenters. The van der Waals surface area contributed by atoms with Crippen LogP contribution in [0.3, 0.4) is 0 Å². The van der Waals surface area contributed by atoms with E-state index < -0.39 is 36.8 Å². The molecular weight excluding hydrogens is 1800 g/mol. The van der Waals surface area contributed by atoms with Crippen molar-refractivity contribution in [3.8, 4) is 11.5 Å². The van der Waals surface area contributed by atoms with Crippen molar-refractivity contribution in [1.82, 2.24) is 85.7 Å². The van der Waals surface area contributed by atoms with Gasteiger partial charge in [0.2, 0.25) is 0 Å². The Balaban J connectivity index is 0.000000135. The standard InChI is InChI=1S/C20H21N3O3.C19H19N3O3.C18H14N4O3.C18H17N3O3.C16H18N2O3.C15H16N2O3/c1-22(2)12-16-13-23(11-14-6-4-3-5-7-14)20(25)18-10-15(19(24)21-26)8-9-17(16)18;1-20-10-15-12-22(11-13-5-3-2-4-6-13)19(24)17-9-14(18(23)21-25)7-8-16(15)17;1-22-14-5-3-2-4-10(14)9-15(22)16-19-13-8-11(17(23)21-25)6-7-12(13)18(24)20-16;1-10-3-4-12(11(2)7-10)9-16-19-15-8-13(17(22)21-24)5-6-14(15)18(23)20-16;19-9-14(20)11-6-7-12-13(8-11)17-15(18-16(12)21)10-4-2-1-3-5-10;18-8-13(19)10-5-6-11-12(7-10)16-14(17-15(11)20)9-3-1-2-4-9/h3-10,13,26H,11-12H2,1-2H3,(H,21,24);2-9,12,20,25H,10-11H2,1H3,(H,21,23);2-9,25H,1H3,(H,21,23)(H,19,20,24);3-8,24H,9H2,1-2H3,(H,21,22)(H,19,20,23);6-8,10,19H,1-5,9H2,(H,17,18,21);5-7,9,18H,1-4,8H2,(H,16,17,20). The Morgan fingerprint density at radius 3 is 1.26 bits per heavy atom. The first-order valence-corrected chi connectivity index (χ1v) is 45.6. The van der Waals surface area contributed by atoms with Crippen molar-refractivity contribution in [3.63, 3.8) is 0 Å². The molecule has 0 saturated heterocycles. The van der Waals surface area contributed by atoms with E-state index in [1.54, 1.807) is 91.7 Å². The molecule has 0 bridgehead atoms. The number of nitrogens with one attached hydrogen (secondary N) is 9. The van der Waals surface area contributed by atoms with Crippen LogP contribution in [0.2, 0.25) is 0 Å². The van der Waals surface area contributed by atoms with E-state index in [1.807, 2.05) is 167 Å². The molecule has 35 nitrogen and oxygen atoms in total. The molecule has 7 aromatic heterocycles. The van der Waals surface area contributed by atoms with Gasteiger partial charge in [-0.15, -0.1) is 0 Å². The maximum atomic E-state index is 13.0. The fraction of sp³-hybridized carbons (Fsp3) is 0.226. The normalized spacial score (nSPS) is 12.4. The van der Waals surface area contributed by atoms with Crippen molar-refractivity contribution in [2.45, 2.75) is 116 Å². The van der Waals surface area contributed by atoms with Gasteiger partial charge in [-0.05, 0) is 202 Å². The van der Waals surface area contributed by atoms with Crippen molar-refractivity contribution >= 4 is 111 Å². The molecule has 17 aromatic rings. The predicted octanol–water partition coefficient (Wildman–Crippen LogP) is 12.5. The maximum absolute atomic E-state index is 13.0. The van der Waals surface area contributed by atoms with Gasteiger partial charge >= 0.3 is 0 Å². The summed E-state index contributed by atoms with van der Waals surface area (Å²) in [6.45, 7) is 5.13. The molecule has 15 N–H and O–H groups in total. The molecular formula is C106H105N17O18. The van der Waals surface area contributed by atoms with Crippen LogP contribution in [0.1, 0.15) is 188 Å². The van der Waals surface area contributed by atoms with Crippen LogP contribution >= 0.6 is 0 Å². The van der Waals surface area contributed by atoms with Gasteiger partial charge in [0.1, 0.15) is 30.7 Å². The highest BCUT2D eigenvalue weighted by atomic mass is 16.5. The van der Waals surface area contributed by atoms with Crippen LogP contribution in [-0.4, -0.2) is 159 Å². The van der Waals surface area contributed by atoms with Crippen LogP contribution in [0, 0.1) is 13.8 Å². The Bertz CT molecular complexity index is 7980. The van der Waals surface area contributed by atoms with Crippen molar-refractivity contribution < 1.29 is 59.8 Å². The Morgan fingerprint density at radius 1 is 0.411 bits per heavy atom. The van der Waals surface area contributed by atoms with Gasteiger partial charge in [-0.1, -0.05) is 159 Å². The molecule has 0 radical (unpaired) electrons. The summed E-state index contributed by atoms with van der Waals surface area (Å²) < 4.78 is 5.26. The van der Waals surface area contributed by atoms with Gasteiger partial charge in [-0.25, -0.2) is 41.9 Å². The van der Waals surface area contributed by atoms with E-state index in [1.165, 1.54) is 60.5 Å². The third-order valence-corrected chi connectivity index (χ3v) is 24.7. The summed E-state index contributed by atoms with van der Waals surface area (Å²) >= 11 is 0. The number of hydrogen-bond acceptors (Lipinski definition) is 24. The number of nitrogens with zero attached hydrogens (tertiary/aromatic N) is 8. The summed E-state index contributed by atoms with van der Waals surface area (Å²) in [6.07, 6.45) is 14.3. The number of aliphatic hydroxyl groups is 2. The second kappa shape index (κ2) is 46.2. The number of carbonyl (C=O) groups excluding carboxylic acids is 6. The van der Waals surface area contributed by atoms with Gasteiger partial charge in [0.15, 0.2) is 17.4 Å². The molecule has 722 valence electrons. The Hall–Kier alpha value is -16.4. The van der Waals surface area contributed by atoms with E-state index in [9.17, 15) is 57.5 Å². The summed E-state index contributed by atoms with van der Waals surface area (Å²) in [6, 6.07) is 63.5. The lowest BCUT2D eigenvalue weighted by molar-refractivity contribution is 0.0702. The average molecular weight is 1910 g/mol. The molecule has 0 atom stereocenters. The lowest BCUT2D eigenvalue weighted by Gasteiger charge is -2.20. The SMILES string of the molecule is CN(C)Cc1cn(Cc2ccccc2)c(=O)c2cc(C(=O)NO)ccc12.CNCc1cn(Cc2ccccc2)c(=O)c2cc(C(=O)NO)ccc12.Cc1ccc(Cc2nc3cc(C(=O)NO)ccc3c(=O)[nH]2)c(C)c1.Cn1c(-c2nc3cc(C(=O)NO)ccc3c(=O)[nH]2)cc2ccccc21.O=C(CO)c1ccc2c(=O)[nH]c(C3CCCC3)nc2c1.O=C(CO)c1ccc2c(=O)[nH]c(C3CCCCC3)nc2c1. The number of aromatic nitrogens is 11. The molecule has 10 aromatic carbocycles. The smallest absolute Gasteiger partial charge is 0.274 e. The van der Waals surface area contributed by atoms with E-state index in [4.69, 9.17) is 31.0 Å². The van der Waals surface area contributed by atoms with Crippen molar-refractivity contribution in [1.29, 1.82) is 0 Å². The number of aromatic amines is 4. The number of amides is 4. The number of H-pyrrole nitrogens is 4. The molecule has 2 saturated carbocycles. The first-order valence-electron chi connectivity index (χ1n) is 45.6. The highest BCUT2D eigenvalue weighted by molar-refractivity contribution is 6.03. The van der Waals surface area contributed by atoms with E-state index in [0.717, 1.165) is 118 Å². The zero-order valence-corrected chi connectivity index (χ0v) is 78.1. The van der Waals surface area contributed by atoms with E-state index in [0.29, 0.717) is 127 Å². The largest absolute Gasteiger partial charge is 0.388 e. The molecule has 19 rings (SSSR count). The number of Topliss-reactive ketones (excluding diaryl/α,β-unsaturated/α-hetero) is 2. The predicted molar refractivity (Wildman–Crippen MR) is 535 cm³/mol. The monoisotopic (exact) mass is 1900 g/mol. The molecule has 0 spiro atoms. The second-order valence-corrected chi connectivity index (χ2v) is 34.7. The van der Waals surface area contributed by atoms with Gasteiger partial charge in [-0.2, -0.15) is 0 Å². The first-order chi connectivity index (χ1) is 68.0. The van der Waals surface area contributed by atoms with Gasteiger partial charge in [0, 0.05) is 106 Å². The molecule has 2 fully saturated rings. The number of rotatable bonds is 21. The summed E-state index contributed by atoms with van der Waals surface area (Å²) in [5.41, 5.74) is 17.9. The number of aryl methyl sites for hydroxylation is 3. The summed E-state index contributed by atoms with van der Waals surface area (Å²) in [4.78, 5) is 176. The second-order valence-electron chi connectivity index (χ2n) is 34.7. The Labute approximate surface area is 804 Å². The van der Waals surface area contributed by atoms with E-state index >= 15 is 0 Å². The molecule has 7 heterocycles. The summed E-state index contributed by atoms with van der Waals surface area (Å²) in [5, 5.41) is 61.4. The number of carbonyl (C=O) groups is 6. The lowest BCUT2D eigenvalue weighted by Crippen LogP contribution is -2.24. The Kier molecular flexibility index (Phi) is 32.9. The third-order valence-electron chi connectivity index (χ3n) is 24.7. The maximum Gasteiger partial charge on any atom is 0.274 e. The average Bonchev–Trinajstić information content (AvgIpc) is 1.53. The number of hydrogen-bond donors (Lipinski definition) is 15. The van der Waals surface area contributed by atoms with Gasteiger partial charge in [0.25, 0.3) is 57.0 Å². The first kappa shape index (κ1) is 101. The molecule has 0 aliphatic heterocycles. The number of pyridine rings is 2. The van der Waals surface area contributed by atoms with Crippen molar-refractivity contribution in [3.05, 3.63) is 383 Å². The molecule has 2 aliphatic rings. The number of aliphatic hydroxyl groups excluding tert-OH is 2.